The van der Waals surface area contributed by atoms with Gasteiger partial charge in [-0.25, -0.2) is 0 Å². The summed E-state index contributed by atoms with van der Waals surface area (Å²) in [7, 11) is 0. The summed E-state index contributed by atoms with van der Waals surface area (Å²) in [5.74, 6) is 0.637. The second-order valence-corrected chi connectivity index (χ2v) is 6.22. The third-order valence-corrected chi connectivity index (χ3v) is 4.78. The summed E-state index contributed by atoms with van der Waals surface area (Å²) in [6.45, 7) is 8.16. The quantitative estimate of drug-likeness (QED) is 0.738. The molecule has 0 aromatic heterocycles. The molecule has 4 aliphatic heterocycles. The van der Waals surface area contributed by atoms with Crippen LogP contribution < -0.4 is 0 Å². The van der Waals surface area contributed by atoms with Crippen molar-refractivity contribution < 1.29 is 9.53 Å². The van der Waals surface area contributed by atoms with Crippen LogP contribution in [0.5, 0.6) is 0 Å². The molecular weight excluding hydrogens is 228 g/mol. The molecule has 0 aliphatic carbocycles. The Morgan fingerprint density at radius 2 is 1.78 bits per heavy atom. The number of fused-ring (bicyclic) bond motifs is 2. The van der Waals surface area contributed by atoms with E-state index in [2.05, 4.69) is 23.6 Å². The number of piperidine rings is 1. The highest BCUT2D eigenvalue weighted by Crippen LogP contribution is 2.35. The minimum absolute atomic E-state index is 0.231. The maximum absolute atomic E-state index is 12.5. The van der Waals surface area contributed by atoms with Crippen molar-refractivity contribution in [1.29, 1.82) is 0 Å². The normalized spacial score (nSPS) is 33.6. The van der Waals surface area contributed by atoms with Crippen molar-refractivity contribution >= 4 is 5.91 Å². The van der Waals surface area contributed by atoms with Crippen molar-refractivity contribution in [2.45, 2.75) is 51.2 Å². The lowest BCUT2D eigenvalue weighted by molar-refractivity contribution is -0.162. The molecule has 0 N–H and O–H groups in total. The summed E-state index contributed by atoms with van der Waals surface area (Å²) in [6, 6.07) is 1.58. The Hall–Kier alpha value is -0.610. The maximum Gasteiger partial charge on any atom is 0.226 e. The van der Waals surface area contributed by atoms with Crippen LogP contribution in [0.3, 0.4) is 0 Å². The summed E-state index contributed by atoms with van der Waals surface area (Å²) in [5, 5.41) is 0. The number of nitrogens with zero attached hydrogens (tertiary/aromatic N) is 2. The van der Waals surface area contributed by atoms with E-state index >= 15 is 0 Å². The Morgan fingerprint density at radius 1 is 1.17 bits per heavy atom. The second-order valence-electron chi connectivity index (χ2n) is 6.22. The first kappa shape index (κ1) is 12.4. The molecule has 4 rings (SSSR count). The first-order valence-corrected chi connectivity index (χ1v) is 7.30. The molecule has 102 valence electrons. The Kier molecular flexibility index (Phi) is 3.32. The third-order valence-electron chi connectivity index (χ3n) is 4.78. The van der Waals surface area contributed by atoms with Crippen LogP contribution in [0.1, 0.15) is 33.1 Å². The van der Waals surface area contributed by atoms with Crippen molar-refractivity contribution in [3.05, 3.63) is 0 Å². The first-order valence-electron chi connectivity index (χ1n) is 7.30. The zero-order valence-electron chi connectivity index (χ0n) is 11.5. The molecule has 0 aromatic carbocycles. The van der Waals surface area contributed by atoms with Gasteiger partial charge in [-0.1, -0.05) is 0 Å². The fourth-order valence-electron chi connectivity index (χ4n) is 3.58. The van der Waals surface area contributed by atoms with Crippen LogP contribution in [0.15, 0.2) is 0 Å². The maximum atomic E-state index is 12.5. The van der Waals surface area contributed by atoms with Gasteiger partial charge in [0, 0.05) is 50.3 Å². The molecule has 1 amide bonds. The standard InChI is InChI=1S/C14H24N2O2/c1-10(2)15-8-12-7-13(9-15)16(12)14(17)11-3-5-18-6-4-11/h10-13H,3-9H2,1-2H3. The molecule has 4 heteroatoms. The van der Waals surface area contributed by atoms with Gasteiger partial charge < -0.3 is 9.64 Å². The number of hydrogen-bond donors (Lipinski definition) is 0. The van der Waals surface area contributed by atoms with Gasteiger partial charge in [-0.15, -0.1) is 0 Å². The smallest absolute Gasteiger partial charge is 0.226 e. The number of carbonyl (C=O) groups excluding carboxylic acids is 1. The molecule has 2 unspecified atom stereocenters. The van der Waals surface area contributed by atoms with E-state index in [0.717, 1.165) is 39.1 Å². The van der Waals surface area contributed by atoms with E-state index in [9.17, 15) is 4.79 Å². The van der Waals surface area contributed by atoms with Gasteiger partial charge in [0.25, 0.3) is 0 Å². The average molecular weight is 252 g/mol. The van der Waals surface area contributed by atoms with Crippen molar-refractivity contribution in [3.63, 3.8) is 0 Å². The van der Waals surface area contributed by atoms with Crippen LogP contribution in [0.2, 0.25) is 0 Å². The van der Waals surface area contributed by atoms with Crippen molar-refractivity contribution in [2.24, 2.45) is 5.92 Å². The van der Waals surface area contributed by atoms with Crippen LogP contribution in [-0.2, 0) is 9.53 Å². The van der Waals surface area contributed by atoms with E-state index < -0.39 is 0 Å². The number of rotatable bonds is 2. The average Bonchev–Trinajstić information content (AvgIpc) is 2.39. The van der Waals surface area contributed by atoms with Crippen LogP contribution in [0.25, 0.3) is 0 Å². The lowest BCUT2D eigenvalue weighted by Crippen LogP contribution is -2.71. The molecule has 4 heterocycles. The van der Waals surface area contributed by atoms with E-state index in [4.69, 9.17) is 4.74 Å². The highest BCUT2D eigenvalue weighted by atomic mass is 16.5. The van der Waals surface area contributed by atoms with Crippen LogP contribution >= 0.6 is 0 Å². The molecule has 2 atom stereocenters. The molecule has 4 fully saturated rings. The summed E-state index contributed by atoms with van der Waals surface area (Å²) in [4.78, 5) is 17.2. The van der Waals surface area contributed by atoms with E-state index in [-0.39, 0.29) is 5.92 Å². The van der Waals surface area contributed by atoms with Crippen LogP contribution in [0, 0.1) is 5.92 Å². The van der Waals surface area contributed by atoms with Gasteiger partial charge in [0.15, 0.2) is 0 Å². The van der Waals surface area contributed by atoms with Gasteiger partial charge >= 0.3 is 0 Å². The number of hydrogen-bond acceptors (Lipinski definition) is 3. The Balaban J connectivity index is 1.60. The SMILES string of the molecule is CC(C)N1CC2CC(C1)N2C(=O)C1CCOCC1. The molecule has 2 bridgehead atoms. The molecule has 0 radical (unpaired) electrons. The number of amides is 1. The number of carbonyl (C=O) groups is 1. The lowest BCUT2D eigenvalue weighted by atomic mass is 9.84. The second kappa shape index (κ2) is 4.82. The van der Waals surface area contributed by atoms with E-state index in [1.54, 1.807) is 0 Å². The van der Waals surface area contributed by atoms with Crippen LogP contribution in [-0.4, -0.2) is 60.1 Å². The van der Waals surface area contributed by atoms with Gasteiger partial charge in [-0.2, -0.15) is 0 Å². The summed E-state index contributed by atoms with van der Waals surface area (Å²) >= 11 is 0. The van der Waals surface area contributed by atoms with Gasteiger partial charge in [-0.3, -0.25) is 9.69 Å². The topological polar surface area (TPSA) is 32.8 Å². The zero-order valence-corrected chi connectivity index (χ0v) is 11.5. The van der Waals surface area contributed by atoms with Gasteiger partial charge in [0.2, 0.25) is 5.91 Å². The number of piperazine rings is 1. The molecule has 4 nitrogen and oxygen atoms in total. The Bertz CT molecular complexity index is 314. The molecule has 18 heavy (non-hydrogen) atoms. The monoisotopic (exact) mass is 252 g/mol. The fraction of sp³-hybridized carbons (Fsp3) is 0.929. The molecular formula is C14H24N2O2. The first-order chi connectivity index (χ1) is 8.66. The van der Waals surface area contributed by atoms with E-state index in [1.807, 2.05) is 0 Å². The Morgan fingerprint density at radius 3 is 2.33 bits per heavy atom. The minimum Gasteiger partial charge on any atom is -0.381 e. The lowest BCUT2D eigenvalue weighted by Gasteiger charge is -2.58. The molecule has 4 saturated heterocycles. The minimum atomic E-state index is 0.231. The summed E-state index contributed by atoms with van der Waals surface area (Å²) in [6.07, 6.45) is 3.06. The fourth-order valence-corrected chi connectivity index (χ4v) is 3.58. The van der Waals surface area contributed by atoms with Crippen molar-refractivity contribution in [1.82, 2.24) is 9.80 Å². The van der Waals surface area contributed by atoms with Gasteiger partial charge in [0.1, 0.15) is 0 Å². The van der Waals surface area contributed by atoms with E-state index in [0.29, 0.717) is 24.0 Å². The summed E-state index contributed by atoms with van der Waals surface area (Å²) < 4.78 is 5.34. The Labute approximate surface area is 109 Å². The highest BCUT2D eigenvalue weighted by Gasteiger charge is 2.48. The summed E-state index contributed by atoms with van der Waals surface area (Å²) in [5.41, 5.74) is 0. The molecule has 0 saturated carbocycles. The molecule has 0 aromatic rings. The molecule has 0 spiro atoms. The predicted octanol–water partition coefficient (Wildman–Crippen LogP) is 1.11. The molecule has 4 aliphatic rings. The highest BCUT2D eigenvalue weighted by molar-refractivity contribution is 5.80. The largest absolute Gasteiger partial charge is 0.381 e. The van der Waals surface area contributed by atoms with Crippen molar-refractivity contribution in [2.75, 3.05) is 26.3 Å². The van der Waals surface area contributed by atoms with Gasteiger partial charge in [-0.05, 0) is 33.1 Å². The third kappa shape index (κ3) is 2.05. The van der Waals surface area contributed by atoms with E-state index in [1.165, 1.54) is 6.42 Å². The van der Waals surface area contributed by atoms with Gasteiger partial charge in [0.05, 0.1) is 0 Å². The predicted molar refractivity (Wildman–Crippen MR) is 69.3 cm³/mol. The zero-order chi connectivity index (χ0) is 12.7. The van der Waals surface area contributed by atoms with Crippen molar-refractivity contribution in [3.8, 4) is 0 Å². The van der Waals surface area contributed by atoms with Crippen LogP contribution in [0.4, 0.5) is 0 Å². The number of ether oxygens (including phenoxy) is 1.